The van der Waals surface area contributed by atoms with Crippen LogP contribution in [0.25, 0.3) is 11.0 Å². The van der Waals surface area contributed by atoms with Crippen molar-refractivity contribution in [2.75, 3.05) is 18.5 Å². The summed E-state index contributed by atoms with van der Waals surface area (Å²) >= 11 is 0. The van der Waals surface area contributed by atoms with E-state index in [0.717, 1.165) is 16.7 Å². The van der Waals surface area contributed by atoms with E-state index in [1.54, 1.807) is 11.2 Å². The van der Waals surface area contributed by atoms with Crippen LogP contribution in [0.1, 0.15) is 0 Å². The molecular formula is C10H12N4O. The number of imidazole rings is 1. The van der Waals surface area contributed by atoms with Gasteiger partial charge in [0, 0.05) is 12.7 Å². The number of rotatable bonds is 3. The predicted molar refractivity (Wildman–Crippen MR) is 58.6 cm³/mol. The minimum atomic E-state index is -0.345. The molecule has 0 atom stereocenters. The second kappa shape index (κ2) is 3.61. The van der Waals surface area contributed by atoms with E-state index in [1.165, 1.54) is 0 Å². The molecule has 1 heterocycles. The predicted octanol–water partition coefficient (Wildman–Crippen LogP) is 0.484. The summed E-state index contributed by atoms with van der Waals surface area (Å²) < 4.78 is 0. The molecule has 0 aliphatic heterocycles. The number of hydrogen-bond acceptors (Lipinski definition) is 3. The number of aromatic amines is 1. The molecule has 5 heteroatoms. The first-order valence-corrected chi connectivity index (χ1v) is 4.59. The van der Waals surface area contributed by atoms with Crippen LogP contribution in [-0.2, 0) is 4.79 Å². The van der Waals surface area contributed by atoms with Crippen LogP contribution in [0.3, 0.4) is 0 Å². The van der Waals surface area contributed by atoms with Crippen molar-refractivity contribution in [1.82, 2.24) is 9.97 Å². The molecule has 0 saturated heterocycles. The highest BCUT2D eigenvalue weighted by atomic mass is 16.1. The number of carbonyl (C=O) groups is 1. The first-order chi connectivity index (χ1) is 7.16. The summed E-state index contributed by atoms with van der Waals surface area (Å²) in [6, 6.07) is 5.75. The van der Waals surface area contributed by atoms with Gasteiger partial charge in [-0.05, 0) is 18.2 Å². The number of fused-ring (bicyclic) bond motifs is 1. The molecule has 0 radical (unpaired) electrons. The van der Waals surface area contributed by atoms with Gasteiger partial charge in [0.2, 0.25) is 5.91 Å². The van der Waals surface area contributed by atoms with Gasteiger partial charge in [-0.1, -0.05) is 0 Å². The van der Waals surface area contributed by atoms with E-state index < -0.39 is 0 Å². The molecule has 0 aliphatic rings. The van der Waals surface area contributed by atoms with Crippen molar-refractivity contribution in [2.24, 2.45) is 5.73 Å². The van der Waals surface area contributed by atoms with Gasteiger partial charge in [0.05, 0.1) is 23.9 Å². The van der Waals surface area contributed by atoms with Crippen LogP contribution >= 0.6 is 0 Å². The third kappa shape index (κ3) is 1.90. The zero-order valence-corrected chi connectivity index (χ0v) is 8.40. The fourth-order valence-corrected chi connectivity index (χ4v) is 1.49. The van der Waals surface area contributed by atoms with Crippen molar-refractivity contribution >= 4 is 22.6 Å². The summed E-state index contributed by atoms with van der Waals surface area (Å²) in [6.07, 6.45) is 1.64. The lowest BCUT2D eigenvalue weighted by Crippen LogP contribution is -2.30. The number of carbonyl (C=O) groups excluding carboxylic acids is 1. The Morgan fingerprint density at radius 1 is 1.60 bits per heavy atom. The Balaban J connectivity index is 2.30. The summed E-state index contributed by atoms with van der Waals surface area (Å²) in [5, 5.41) is 0. The van der Waals surface area contributed by atoms with Gasteiger partial charge in [-0.25, -0.2) is 4.98 Å². The molecule has 0 saturated carbocycles. The van der Waals surface area contributed by atoms with Crippen LogP contribution in [0, 0.1) is 0 Å². The normalized spacial score (nSPS) is 10.5. The number of hydrogen-bond donors (Lipinski definition) is 2. The monoisotopic (exact) mass is 204 g/mol. The first-order valence-electron chi connectivity index (χ1n) is 4.59. The average molecular weight is 204 g/mol. The Morgan fingerprint density at radius 3 is 3.13 bits per heavy atom. The van der Waals surface area contributed by atoms with E-state index in [4.69, 9.17) is 5.73 Å². The molecule has 0 spiro atoms. The maximum absolute atomic E-state index is 10.8. The van der Waals surface area contributed by atoms with E-state index in [9.17, 15) is 4.79 Å². The second-order valence-electron chi connectivity index (χ2n) is 3.43. The molecule has 1 aromatic carbocycles. The number of nitrogens with two attached hydrogens (primary N) is 1. The van der Waals surface area contributed by atoms with Gasteiger partial charge >= 0.3 is 0 Å². The van der Waals surface area contributed by atoms with Gasteiger partial charge in [0.25, 0.3) is 0 Å². The summed E-state index contributed by atoms with van der Waals surface area (Å²) in [6.45, 7) is 0.208. The number of H-pyrrole nitrogens is 1. The SMILES string of the molecule is CN(CC(N)=O)c1ccc2nc[nH]c2c1. The number of amides is 1. The average Bonchev–Trinajstić information content (AvgIpc) is 2.62. The summed E-state index contributed by atoms with van der Waals surface area (Å²) in [4.78, 5) is 19.7. The fraction of sp³-hybridized carbons (Fsp3) is 0.200. The van der Waals surface area contributed by atoms with Gasteiger partial charge < -0.3 is 15.6 Å². The van der Waals surface area contributed by atoms with Gasteiger partial charge in [-0.3, -0.25) is 4.79 Å². The van der Waals surface area contributed by atoms with Gasteiger partial charge in [-0.15, -0.1) is 0 Å². The highest BCUT2D eigenvalue weighted by molar-refractivity contribution is 5.82. The number of nitrogens with one attached hydrogen (secondary N) is 1. The highest BCUT2D eigenvalue weighted by Crippen LogP contribution is 2.18. The quantitative estimate of drug-likeness (QED) is 0.763. The summed E-state index contributed by atoms with van der Waals surface area (Å²) in [5.74, 6) is -0.345. The Kier molecular flexibility index (Phi) is 2.29. The molecule has 15 heavy (non-hydrogen) atoms. The topological polar surface area (TPSA) is 75.0 Å². The molecule has 1 amide bonds. The minimum Gasteiger partial charge on any atom is -0.368 e. The zero-order chi connectivity index (χ0) is 10.8. The largest absolute Gasteiger partial charge is 0.368 e. The van der Waals surface area contributed by atoms with Crippen molar-refractivity contribution in [3.63, 3.8) is 0 Å². The molecule has 2 rings (SSSR count). The number of nitrogens with zero attached hydrogens (tertiary/aromatic N) is 2. The van der Waals surface area contributed by atoms with Crippen LogP contribution in [0.15, 0.2) is 24.5 Å². The second-order valence-corrected chi connectivity index (χ2v) is 3.43. The van der Waals surface area contributed by atoms with Crippen LogP contribution < -0.4 is 10.6 Å². The maximum Gasteiger partial charge on any atom is 0.236 e. The fourth-order valence-electron chi connectivity index (χ4n) is 1.49. The maximum atomic E-state index is 10.8. The zero-order valence-electron chi connectivity index (χ0n) is 8.40. The standard InChI is InChI=1S/C10H12N4O/c1-14(5-10(11)15)7-2-3-8-9(4-7)13-6-12-8/h2-4,6H,5H2,1H3,(H2,11,15)(H,12,13). The number of benzene rings is 1. The van der Waals surface area contributed by atoms with Crippen molar-refractivity contribution in [3.8, 4) is 0 Å². The van der Waals surface area contributed by atoms with E-state index in [1.807, 2.05) is 25.2 Å². The Morgan fingerprint density at radius 2 is 2.40 bits per heavy atom. The van der Waals surface area contributed by atoms with E-state index >= 15 is 0 Å². The molecule has 1 aromatic heterocycles. The molecule has 3 N–H and O–H groups in total. The van der Waals surface area contributed by atoms with Crippen LogP contribution in [0.5, 0.6) is 0 Å². The highest BCUT2D eigenvalue weighted by Gasteiger charge is 2.05. The summed E-state index contributed by atoms with van der Waals surface area (Å²) in [5.41, 5.74) is 7.91. The molecule has 2 aromatic rings. The lowest BCUT2D eigenvalue weighted by atomic mass is 10.2. The lowest BCUT2D eigenvalue weighted by Gasteiger charge is -2.16. The molecule has 0 fully saturated rings. The smallest absolute Gasteiger partial charge is 0.236 e. The third-order valence-corrected chi connectivity index (χ3v) is 2.24. The van der Waals surface area contributed by atoms with Crippen LogP contribution in [-0.4, -0.2) is 29.5 Å². The third-order valence-electron chi connectivity index (χ3n) is 2.24. The number of likely N-dealkylation sites (N-methyl/N-ethyl adjacent to an activating group) is 1. The number of aromatic nitrogens is 2. The Labute approximate surface area is 86.9 Å². The molecule has 0 bridgehead atoms. The van der Waals surface area contributed by atoms with Gasteiger partial charge in [0.15, 0.2) is 0 Å². The van der Waals surface area contributed by atoms with Crippen LogP contribution in [0.2, 0.25) is 0 Å². The van der Waals surface area contributed by atoms with E-state index in [2.05, 4.69) is 9.97 Å². The summed E-state index contributed by atoms with van der Waals surface area (Å²) in [7, 11) is 1.82. The van der Waals surface area contributed by atoms with Gasteiger partial charge in [0.1, 0.15) is 0 Å². The first kappa shape index (κ1) is 9.51. The number of anilines is 1. The van der Waals surface area contributed by atoms with Gasteiger partial charge in [-0.2, -0.15) is 0 Å². The molecule has 0 unspecified atom stereocenters. The van der Waals surface area contributed by atoms with Crippen molar-refractivity contribution in [3.05, 3.63) is 24.5 Å². The molecule has 5 nitrogen and oxygen atoms in total. The van der Waals surface area contributed by atoms with Crippen LogP contribution in [0.4, 0.5) is 5.69 Å². The number of primary amides is 1. The lowest BCUT2D eigenvalue weighted by molar-refractivity contribution is -0.116. The van der Waals surface area contributed by atoms with Crippen molar-refractivity contribution in [2.45, 2.75) is 0 Å². The van der Waals surface area contributed by atoms with E-state index in [-0.39, 0.29) is 12.5 Å². The molecular weight excluding hydrogens is 192 g/mol. The van der Waals surface area contributed by atoms with Crippen molar-refractivity contribution < 1.29 is 4.79 Å². The Hall–Kier alpha value is -2.04. The molecule has 78 valence electrons. The minimum absolute atomic E-state index is 0.208. The van der Waals surface area contributed by atoms with Crippen molar-refractivity contribution in [1.29, 1.82) is 0 Å². The molecule has 0 aliphatic carbocycles. The van der Waals surface area contributed by atoms with E-state index in [0.29, 0.717) is 0 Å². The Bertz CT molecular complexity index is 491.